The van der Waals surface area contributed by atoms with E-state index in [0.29, 0.717) is 47.1 Å². The van der Waals surface area contributed by atoms with Crippen LogP contribution in [0.25, 0.3) is 22.2 Å². The molecule has 5 aromatic rings. The number of nitro benzene ring substituents is 1. The number of aromatic nitrogens is 3. The Morgan fingerprint density at radius 1 is 1.00 bits per heavy atom. The molecule has 0 amide bonds. The topological polar surface area (TPSA) is 99.0 Å². The molecule has 2 aromatic heterocycles. The molecule has 1 N–H and O–H groups in total. The lowest BCUT2D eigenvalue weighted by molar-refractivity contribution is -0.383. The third-order valence-corrected chi connectivity index (χ3v) is 5.83. The molecule has 0 unspecified atom stereocenters. The van der Waals surface area contributed by atoms with Crippen LogP contribution >= 0.6 is 0 Å². The Hall–Kier alpha value is -4.46. The summed E-state index contributed by atoms with van der Waals surface area (Å²) in [5.41, 5.74) is 5.23. The van der Waals surface area contributed by atoms with Crippen molar-refractivity contribution in [1.29, 1.82) is 0 Å². The number of nitro groups is 1. The molecule has 5 rings (SSSR count). The quantitative estimate of drug-likeness (QED) is 0.244. The molecule has 34 heavy (non-hydrogen) atoms. The summed E-state index contributed by atoms with van der Waals surface area (Å²) in [4.78, 5) is 16.4. The molecule has 0 saturated carbocycles. The number of nitrogens with one attached hydrogen (secondary N) is 1. The zero-order valence-corrected chi connectivity index (χ0v) is 18.9. The van der Waals surface area contributed by atoms with Gasteiger partial charge in [0.05, 0.1) is 22.7 Å². The van der Waals surface area contributed by atoms with Crippen molar-refractivity contribution in [2.24, 2.45) is 0 Å². The van der Waals surface area contributed by atoms with Crippen molar-refractivity contribution in [3.8, 4) is 11.1 Å². The molecule has 170 valence electrons. The Balaban J connectivity index is 1.69. The van der Waals surface area contributed by atoms with E-state index in [2.05, 4.69) is 15.5 Å². The summed E-state index contributed by atoms with van der Waals surface area (Å²) in [7, 11) is 0. The van der Waals surface area contributed by atoms with Crippen LogP contribution < -0.4 is 5.32 Å². The van der Waals surface area contributed by atoms with Crippen LogP contribution in [0.1, 0.15) is 22.6 Å². The Bertz CT molecular complexity index is 1450. The lowest BCUT2D eigenvalue weighted by atomic mass is 10.0. The summed E-state index contributed by atoms with van der Waals surface area (Å²) in [6.45, 7) is 4.69. The number of rotatable bonds is 7. The average Bonchev–Trinajstić information content (AvgIpc) is 3.37. The first-order valence-corrected chi connectivity index (χ1v) is 10.9. The first-order valence-electron chi connectivity index (χ1n) is 10.9. The van der Waals surface area contributed by atoms with Gasteiger partial charge in [0.25, 0.3) is 5.69 Å². The molecule has 0 bridgehead atoms. The van der Waals surface area contributed by atoms with Gasteiger partial charge >= 0.3 is 0 Å². The summed E-state index contributed by atoms with van der Waals surface area (Å²) in [5, 5.41) is 19.5. The van der Waals surface area contributed by atoms with E-state index in [9.17, 15) is 10.1 Å². The molecule has 2 heterocycles. The lowest BCUT2D eigenvalue weighted by Crippen LogP contribution is -2.08. The van der Waals surface area contributed by atoms with Crippen LogP contribution in [0.3, 0.4) is 0 Å². The van der Waals surface area contributed by atoms with Crippen molar-refractivity contribution in [3.63, 3.8) is 0 Å². The van der Waals surface area contributed by atoms with Crippen LogP contribution in [0.5, 0.6) is 0 Å². The maximum Gasteiger partial charge on any atom is 0.297 e. The summed E-state index contributed by atoms with van der Waals surface area (Å²) in [6, 6.07) is 23.4. The van der Waals surface area contributed by atoms with E-state index in [1.165, 1.54) is 0 Å². The van der Waals surface area contributed by atoms with E-state index in [1.54, 1.807) is 13.0 Å². The maximum absolute atomic E-state index is 12.1. The molecule has 3 aromatic carbocycles. The second-order valence-corrected chi connectivity index (χ2v) is 8.17. The predicted molar refractivity (Wildman–Crippen MR) is 131 cm³/mol. The van der Waals surface area contributed by atoms with Crippen molar-refractivity contribution < 1.29 is 9.45 Å². The number of fused-ring (bicyclic) bond motifs is 1. The minimum atomic E-state index is -0.384. The number of anilines is 1. The van der Waals surface area contributed by atoms with E-state index in [-0.39, 0.29) is 10.6 Å². The van der Waals surface area contributed by atoms with Gasteiger partial charge in [-0.3, -0.25) is 10.1 Å². The Morgan fingerprint density at radius 3 is 2.29 bits per heavy atom. The van der Waals surface area contributed by atoms with Crippen molar-refractivity contribution in [2.45, 2.75) is 26.9 Å². The normalized spacial score (nSPS) is 11.1. The fraction of sp³-hybridized carbons (Fsp3) is 0.154. The molecule has 0 radical (unpaired) electrons. The predicted octanol–water partition coefficient (Wildman–Crippen LogP) is 5.88. The van der Waals surface area contributed by atoms with Gasteiger partial charge in [-0.05, 0) is 36.6 Å². The fourth-order valence-corrected chi connectivity index (χ4v) is 4.22. The van der Waals surface area contributed by atoms with Crippen LogP contribution in [0.4, 0.5) is 11.6 Å². The van der Waals surface area contributed by atoms with E-state index in [1.807, 2.05) is 78.2 Å². The highest BCUT2D eigenvalue weighted by atomic mass is 16.6. The van der Waals surface area contributed by atoms with Gasteiger partial charge in [-0.25, -0.2) is 4.98 Å². The summed E-state index contributed by atoms with van der Waals surface area (Å²) in [6.07, 6.45) is 0. The molecule has 0 saturated heterocycles. The van der Waals surface area contributed by atoms with Crippen LogP contribution in [-0.2, 0) is 13.1 Å². The minimum absolute atomic E-state index is 0.0536. The number of imidazole rings is 1. The first kappa shape index (κ1) is 21.4. The van der Waals surface area contributed by atoms with Crippen LogP contribution in [0, 0.1) is 24.0 Å². The second-order valence-electron chi connectivity index (χ2n) is 8.17. The van der Waals surface area contributed by atoms with Gasteiger partial charge in [0.2, 0.25) is 5.95 Å². The molecule has 0 aliphatic rings. The van der Waals surface area contributed by atoms with Crippen molar-refractivity contribution >= 4 is 22.7 Å². The fourth-order valence-electron chi connectivity index (χ4n) is 4.22. The largest absolute Gasteiger partial charge is 0.361 e. The Kier molecular flexibility index (Phi) is 5.55. The zero-order chi connectivity index (χ0) is 23.7. The van der Waals surface area contributed by atoms with Crippen molar-refractivity contribution in [1.82, 2.24) is 14.7 Å². The van der Waals surface area contributed by atoms with Gasteiger partial charge < -0.3 is 14.4 Å². The van der Waals surface area contributed by atoms with Crippen LogP contribution in [0.15, 0.2) is 77.3 Å². The Morgan fingerprint density at radius 2 is 1.68 bits per heavy atom. The van der Waals surface area contributed by atoms with E-state index in [4.69, 9.17) is 4.52 Å². The van der Waals surface area contributed by atoms with Crippen molar-refractivity contribution in [3.05, 3.63) is 105 Å². The Labute approximate surface area is 196 Å². The molecular formula is C26H23N5O3. The lowest BCUT2D eigenvalue weighted by Gasteiger charge is -2.12. The third-order valence-electron chi connectivity index (χ3n) is 5.83. The van der Waals surface area contributed by atoms with Crippen molar-refractivity contribution in [2.75, 3.05) is 5.32 Å². The van der Waals surface area contributed by atoms with Gasteiger partial charge in [0.1, 0.15) is 5.76 Å². The molecule has 0 aliphatic carbocycles. The summed E-state index contributed by atoms with van der Waals surface area (Å²) < 4.78 is 7.31. The van der Waals surface area contributed by atoms with Gasteiger partial charge in [0.15, 0.2) is 5.52 Å². The summed E-state index contributed by atoms with van der Waals surface area (Å²) in [5.74, 6) is 1.18. The molecule has 0 spiro atoms. The van der Waals surface area contributed by atoms with Gasteiger partial charge in [-0.2, -0.15) is 0 Å². The highest BCUT2D eigenvalue weighted by molar-refractivity contribution is 5.92. The number of hydrogen-bond acceptors (Lipinski definition) is 6. The second kappa shape index (κ2) is 8.82. The summed E-state index contributed by atoms with van der Waals surface area (Å²) >= 11 is 0. The molecule has 0 fully saturated rings. The number of nitrogens with zero attached hydrogens (tertiary/aromatic N) is 4. The monoisotopic (exact) mass is 453 g/mol. The van der Waals surface area contributed by atoms with Gasteiger partial charge in [-0.1, -0.05) is 65.8 Å². The number of hydrogen-bond donors (Lipinski definition) is 1. The van der Waals surface area contributed by atoms with Gasteiger partial charge in [0, 0.05) is 18.2 Å². The van der Waals surface area contributed by atoms with E-state index >= 15 is 0 Å². The number of benzene rings is 3. The standard InChI is InChI=1S/C26H23N5O3/c1-17-24(18(2)34-29-17)21-13-22-25(23(14-21)31(32)33)28-26(27-15-19-9-5-3-6-10-19)30(22)16-20-11-7-4-8-12-20/h3-14H,15-16H2,1-2H3,(H,27,28). The molecule has 8 nitrogen and oxygen atoms in total. The van der Waals surface area contributed by atoms with Crippen LogP contribution in [-0.4, -0.2) is 19.6 Å². The van der Waals surface area contributed by atoms with Gasteiger partial charge in [-0.15, -0.1) is 0 Å². The minimum Gasteiger partial charge on any atom is -0.361 e. The third kappa shape index (κ3) is 4.01. The molecule has 8 heteroatoms. The van der Waals surface area contributed by atoms with Crippen LogP contribution in [0.2, 0.25) is 0 Å². The number of non-ortho nitro benzene ring substituents is 1. The first-order chi connectivity index (χ1) is 16.5. The molecule has 0 atom stereocenters. The zero-order valence-electron chi connectivity index (χ0n) is 18.9. The van der Waals surface area contributed by atoms with E-state index < -0.39 is 0 Å². The molecule has 0 aliphatic heterocycles. The maximum atomic E-state index is 12.1. The highest BCUT2D eigenvalue weighted by Crippen LogP contribution is 2.36. The molecular weight excluding hydrogens is 430 g/mol. The SMILES string of the molecule is Cc1noc(C)c1-c1cc([N+](=O)[O-])c2nc(NCc3ccccc3)n(Cc3ccccc3)c2c1. The smallest absolute Gasteiger partial charge is 0.297 e. The number of aryl methyl sites for hydroxylation is 2. The van der Waals surface area contributed by atoms with E-state index in [0.717, 1.165) is 16.7 Å². The average molecular weight is 454 g/mol. The highest BCUT2D eigenvalue weighted by Gasteiger charge is 2.24.